The first-order chi connectivity index (χ1) is 40.7. The van der Waals surface area contributed by atoms with Crippen LogP contribution in [-0.4, -0.2) is 218 Å². The van der Waals surface area contributed by atoms with Gasteiger partial charge in [-0.3, -0.25) is 0 Å². The molecule has 2 amide bonds. The molecule has 90 heavy (non-hydrogen) atoms. The lowest BCUT2D eigenvalue weighted by Gasteiger charge is -2.26. The van der Waals surface area contributed by atoms with Crippen molar-refractivity contribution < 1.29 is 71.2 Å². The molecular formula is C66H138N6O15S3. The van der Waals surface area contributed by atoms with Crippen LogP contribution in [-0.2, 0) is 56.8 Å². The van der Waals surface area contributed by atoms with Gasteiger partial charge in [0.2, 0.25) is 0 Å². The number of hydrogen-bond acceptors (Lipinski definition) is 20. The van der Waals surface area contributed by atoms with Crippen molar-refractivity contribution in [2.75, 3.05) is 63.6 Å². The van der Waals surface area contributed by atoms with E-state index in [4.69, 9.17) is 88.8 Å². The van der Waals surface area contributed by atoms with E-state index in [9.17, 15) is 14.4 Å². The van der Waals surface area contributed by atoms with Crippen molar-refractivity contribution in [3.05, 3.63) is 37.4 Å². The fraction of sp³-hybridized carbons (Fsp3) is 0.818. The lowest BCUT2D eigenvalue weighted by Crippen LogP contribution is -2.34. The highest BCUT2D eigenvalue weighted by Crippen LogP contribution is 2.09. The van der Waals surface area contributed by atoms with Crippen molar-refractivity contribution in [2.24, 2.45) is 0 Å². The molecule has 0 aromatic rings. The molecule has 0 atom stereocenters. The van der Waals surface area contributed by atoms with E-state index in [0.29, 0.717) is 46.3 Å². The van der Waals surface area contributed by atoms with Gasteiger partial charge in [0.1, 0.15) is 0 Å². The Labute approximate surface area is 568 Å². The molecule has 0 spiro atoms. The van der Waals surface area contributed by atoms with E-state index in [-0.39, 0.29) is 84.4 Å². The van der Waals surface area contributed by atoms with E-state index in [2.05, 4.69) is 79.9 Å². The first-order valence-corrected chi connectivity index (χ1v) is 32.2. The number of hydrogen-bond donors (Lipinski definition) is 0. The molecule has 0 bridgehead atoms. The number of amides is 2. The molecule has 0 saturated heterocycles. The maximum atomic E-state index is 11.1. The number of methoxy groups -OCH3 is 3. The molecule has 0 aliphatic heterocycles. The first kappa shape index (κ1) is 104. The average molecular weight is 1350 g/mol. The third kappa shape index (κ3) is 77.1. The Kier molecular flexibility index (Phi) is 70.8. The SMILES string of the molecule is C=C(OC(C)C)N(C)C(C)C.C=C(OC(C)C)OC(C)C.C=C(OC)N(C)C(C)C.CC(C)OC(=O)N(C)C(C)C.CC(C)OC(=O)OC(C)C.CC(C)OC(=S)N(C)C(C)C.CC(C)OC(=S)OC(C)C.COC(=O)N(C)C(C)C.COC(=S)N(C)C(C)C. The fourth-order valence-corrected chi connectivity index (χ4v) is 5.15. The summed E-state index contributed by atoms with van der Waals surface area (Å²) in [6, 6.07) is 2.12. The molecule has 0 aromatic heterocycles. The van der Waals surface area contributed by atoms with E-state index >= 15 is 0 Å². The predicted molar refractivity (Wildman–Crippen MR) is 386 cm³/mol. The Bertz CT molecular complexity index is 1610. The van der Waals surface area contributed by atoms with Gasteiger partial charge in [0.25, 0.3) is 16.3 Å². The molecule has 21 nitrogen and oxygen atoms in total. The van der Waals surface area contributed by atoms with E-state index in [1.807, 2.05) is 172 Å². The van der Waals surface area contributed by atoms with Gasteiger partial charge in [-0.1, -0.05) is 0 Å². The Balaban J connectivity index is -0.000000117. The molecule has 0 rings (SSSR count). The Morgan fingerprint density at radius 3 is 0.733 bits per heavy atom. The van der Waals surface area contributed by atoms with Gasteiger partial charge in [-0.2, -0.15) is 0 Å². The van der Waals surface area contributed by atoms with Crippen LogP contribution in [0.4, 0.5) is 14.4 Å². The molecule has 0 heterocycles. The van der Waals surface area contributed by atoms with Crippen molar-refractivity contribution in [1.29, 1.82) is 0 Å². The standard InChI is InChI=1S/C9H19NO.C8H17NO2.C8H17NOS.C8H16O2.C7H15NO.C7H14O3.C7H14O2S.C6H13NO2.C6H13NOS/c1-7(2)10(6)9(5)11-8(3)4;1-6(2)9(5)8(10)11-7(3)4;1-6(2)9(5)8(11)10-7(3)4;1-6(2)9-8(5)10-7(3)4;1-6(2)8(4)7(3)9-5;1-5(2)9-7(8)10-6(3)4;1-5(2)8-7(10)9-6(3)4;1-5(2)7(3)6(8)9-4;1-5(2)7(3)6(9)8-4/h7-8H,5H2,1-4,6H3;2*6-7H,1-5H3;6-7H,5H2,1-4H3;6H,3H2,1-2,4-5H3;2*5-6H,1-4H3;2*5H,1-4H3. The zero-order valence-electron chi connectivity index (χ0n) is 64.3. The smallest absolute Gasteiger partial charge is 0.483 e. The monoisotopic (exact) mass is 1350 g/mol. The molecule has 0 unspecified atom stereocenters. The topological polar surface area (TPSA) is 181 Å². The highest BCUT2D eigenvalue weighted by molar-refractivity contribution is 7.80. The molecule has 0 aliphatic carbocycles. The molecule has 0 aliphatic rings. The van der Waals surface area contributed by atoms with Crippen LogP contribution < -0.4 is 0 Å². The average Bonchev–Trinajstić information content (AvgIpc) is 3.37. The predicted octanol–water partition coefficient (Wildman–Crippen LogP) is 16.3. The lowest BCUT2D eigenvalue weighted by molar-refractivity contribution is -0.0157. The van der Waals surface area contributed by atoms with Crippen molar-refractivity contribution in [3.63, 3.8) is 0 Å². The molecule has 24 heteroatoms. The normalized spacial score (nSPS) is 10.1. The highest BCUT2D eigenvalue weighted by atomic mass is 32.1. The van der Waals surface area contributed by atoms with Gasteiger partial charge < -0.3 is 86.2 Å². The van der Waals surface area contributed by atoms with E-state index in [0.717, 1.165) is 5.88 Å². The molecule has 0 N–H and O–H groups in total. The summed E-state index contributed by atoms with van der Waals surface area (Å²) in [4.78, 5) is 43.3. The molecule has 540 valence electrons. The van der Waals surface area contributed by atoms with Crippen LogP contribution in [0.2, 0.25) is 0 Å². The minimum absolute atomic E-state index is 0.0382. The van der Waals surface area contributed by atoms with Crippen LogP contribution in [0, 0.1) is 0 Å². The quantitative estimate of drug-likeness (QED) is 0.0457. The van der Waals surface area contributed by atoms with E-state index < -0.39 is 6.16 Å². The van der Waals surface area contributed by atoms with Crippen LogP contribution in [0.1, 0.15) is 208 Å². The number of carbonyl (C=O) groups excluding carboxylic acids is 3. The van der Waals surface area contributed by atoms with E-state index in [1.165, 1.54) is 12.0 Å². The summed E-state index contributed by atoms with van der Waals surface area (Å²) in [5.41, 5.74) is 0. The van der Waals surface area contributed by atoms with Crippen molar-refractivity contribution in [2.45, 2.75) is 299 Å². The van der Waals surface area contributed by atoms with Gasteiger partial charge in [-0.05, 0) is 252 Å². The number of thiocarbonyl (C=S) groups is 3. The highest BCUT2D eigenvalue weighted by Gasteiger charge is 2.15. The van der Waals surface area contributed by atoms with Crippen LogP contribution in [0.15, 0.2) is 37.4 Å². The summed E-state index contributed by atoms with van der Waals surface area (Å²) in [7, 11) is 15.8. The van der Waals surface area contributed by atoms with Gasteiger partial charge in [0.05, 0.1) is 76.3 Å². The number of rotatable bonds is 21. The summed E-state index contributed by atoms with van der Waals surface area (Å²) in [6.07, 6.45) is -0.506. The minimum Gasteiger partial charge on any atom is -0.483 e. The maximum absolute atomic E-state index is 11.1. The molecule has 0 radical (unpaired) electrons. The van der Waals surface area contributed by atoms with Crippen molar-refractivity contribution >= 4 is 70.6 Å². The fourth-order valence-electron chi connectivity index (χ4n) is 4.15. The maximum Gasteiger partial charge on any atom is 0.508 e. The van der Waals surface area contributed by atoms with Gasteiger partial charge in [-0.15, -0.1) is 0 Å². The Morgan fingerprint density at radius 1 is 0.278 bits per heavy atom. The summed E-state index contributed by atoms with van der Waals surface area (Å²) in [6.45, 7) is 69.7. The van der Waals surface area contributed by atoms with Gasteiger partial charge in [0.15, 0.2) is 11.8 Å². The summed E-state index contributed by atoms with van der Waals surface area (Å²) in [5, 5.41) is 1.37. The molecular weight excluding hydrogens is 1210 g/mol. The largest absolute Gasteiger partial charge is 0.508 e. The third-order valence-electron chi connectivity index (χ3n) is 10.3. The second-order valence-electron chi connectivity index (χ2n) is 24.1. The third-order valence-corrected chi connectivity index (χ3v) is 11.3. The Morgan fingerprint density at radius 2 is 0.533 bits per heavy atom. The van der Waals surface area contributed by atoms with Crippen LogP contribution in [0.3, 0.4) is 0 Å². The lowest BCUT2D eigenvalue weighted by atomic mass is 10.3. The Hall–Kier alpha value is -5.10. The second-order valence-corrected chi connectivity index (χ2v) is 25.1. The zero-order valence-corrected chi connectivity index (χ0v) is 66.8. The van der Waals surface area contributed by atoms with Gasteiger partial charge in [0, 0.05) is 90.8 Å². The zero-order chi connectivity index (χ0) is 73.8. The summed E-state index contributed by atoms with van der Waals surface area (Å²) >= 11 is 14.7. The minimum atomic E-state index is -0.593. The van der Waals surface area contributed by atoms with Crippen LogP contribution in [0.25, 0.3) is 0 Å². The van der Waals surface area contributed by atoms with Crippen molar-refractivity contribution in [3.8, 4) is 0 Å². The van der Waals surface area contributed by atoms with Gasteiger partial charge >= 0.3 is 23.6 Å². The first-order valence-electron chi connectivity index (χ1n) is 31.0. The summed E-state index contributed by atoms with van der Waals surface area (Å²) < 4.78 is 59.7. The summed E-state index contributed by atoms with van der Waals surface area (Å²) in [5.74, 6) is 1.87. The van der Waals surface area contributed by atoms with Crippen LogP contribution in [0.5, 0.6) is 0 Å². The molecule has 0 fully saturated rings. The number of nitrogens with zero attached hydrogens (tertiary/aromatic N) is 6. The second kappa shape index (κ2) is 61.4. The molecule has 0 aromatic carbocycles. The van der Waals surface area contributed by atoms with Gasteiger partial charge in [-0.25, -0.2) is 14.4 Å². The molecule has 0 saturated carbocycles. The van der Waals surface area contributed by atoms with E-state index in [1.54, 1.807) is 60.9 Å². The number of carbonyl (C=O) groups is 3. The van der Waals surface area contributed by atoms with Crippen molar-refractivity contribution in [1.82, 2.24) is 29.4 Å². The van der Waals surface area contributed by atoms with Crippen LogP contribution >= 0.6 is 36.7 Å². The number of ether oxygens (including phenoxy) is 12.